The molecule has 0 amide bonds. The van der Waals surface area contributed by atoms with Gasteiger partial charge in [-0.3, -0.25) is 4.98 Å². The van der Waals surface area contributed by atoms with Crippen molar-refractivity contribution >= 4 is 49.2 Å². The lowest BCUT2D eigenvalue weighted by atomic mass is 9.76. The lowest BCUT2D eigenvalue weighted by Crippen LogP contribution is -2.05. The molecule has 1 aromatic heterocycles. The number of allylic oxidation sites excluding steroid dienone is 14. The maximum absolute atomic E-state index is 4.82. The van der Waals surface area contributed by atoms with Crippen molar-refractivity contribution < 1.29 is 0 Å². The normalized spacial score (nSPS) is 14.6. The largest absolute Gasteiger partial charge is 0.256 e. The van der Waals surface area contributed by atoms with Gasteiger partial charge >= 0.3 is 0 Å². The van der Waals surface area contributed by atoms with Crippen molar-refractivity contribution in [3.8, 4) is 55.6 Å². The van der Waals surface area contributed by atoms with E-state index in [1.165, 1.54) is 99.5 Å². The van der Waals surface area contributed by atoms with Gasteiger partial charge in [0.2, 0.25) is 0 Å². The Bertz CT molecular complexity index is 3580. The molecule has 3 aliphatic carbocycles. The summed E-state index contributed by atoms with van der Waals surface area (Å²) < 4.78 is 0. The molecule has 8 aromatic carbocycles. The molecule has 318 valence electrons. The van der Waals surface area contributed by atoms with Gasteiger partial charge in [-0.05, 0) is 161 Å². The third kappa shape index (κ3) is 7.44. The van der Waals surface area contributed by atoms with Crippen LogP contribution in [0.1, 0.15) is 48.8 Å². The number of hydrogen-bond donors (Lipinski definition) is 0. The smallest absolute Gasteiger partial charge is 0.0780 e. The molecule has 0 radical (unpaired) electrons. The Morgan fingerprint density at radius 1 is 0.343 bits per heavy atom. The Kier molecular flexibility index (Phi) is 10.7. The number of hydrogen-bond acceptors (Lipinski definition) is 1. The van der Waals surface area contributed by atoms with Crippen LogP contribution in [-0.4, -0.2) is 4.98 Å². The minimum Gasteiger partial charge on any atom is -0.256 e. The molecule has 0 bridgehead atoms. The quantitative estimate of drug-likeness (QED) is 0.139. The summed E-state index contributed by atoms with van der Waals surface area (Å²) in [5.74, 6) is 0. The summed E-state index contributed by atoms with van der Waals surface area (Å²) in [6.45, 7) is 0. The van der Waals surface area contributed by atoms with E-state index >= 15 is 0 Å². The molecule has 9 aromatic rings. The molecule has 1 heterocycles. The zero-order valence-corrected chi connectivity index (χ0v) is 37.5. The summed E-state index contributed by atoms with van der Waals surface area (Å²) in [7, 11) is 0. The highest BCUT2D eigenvalue weighted by Gasteiger charge is 2.26. The van der Waals surface area contributed by atoms with E-state index in [2.05, 4.69) is 225 Å². The molecule has 1 nitrogen and oxygen atoms in total. The van der Waals surface area contributed by atoms with Gasteiger partial charge in [-0.15, -0.1) is 0 Å². The molecule has 0 fully saturated rings. The lowest BCUT2D eigenvalue weighted by molar-refractivity contribution is 1.04. The van der Waals surface area contributed by atoms with Gasteiger partial charge in [-0.25, -0.2) is 0 Å². The second-order valence-electron chi connectivity index (χ2n) is 17.8. The van der Waals surface area contributed by atoms with Crippen molar-refractivity contribution in [2.24, 2.45) is 0 Å². The molecule has 0 unspecified atom stereocenters. The Labute approximate surface area is 393 Å². The lowest BCUT2D eigenvalue weighted by Gasteiger charge is -2.27. The van der Waals surface area contributed by atoms with E-state index in [0.29, 0.717) is 0 Å². The van der Waals surface area contributed by atoms with Crippen molar-refractivity contribution in [2.75, 3.05) is 0 Å². The molecular weight excluding hydrogens is 807 g/mol. The van der Waals surface area contributed by atoms with Gasteiger partial charge in [0.05, 0.1) is 5.52 Å². The Morgan fingerprint density at radius 2 is 0.896 bits per heavy atom. The fourth-order valence-corrected chi connectivity index (χ4v) is 10.8. The number of nitrogens with zero attached hydrogens (tertiary/aromatic N) is 1. The van der Waals surface area contributed by atoms with Crippen molar-refractivity contribution in [2.45, 2.75) is 32.1 Å². The highest BCUT2D eigenvalue weighted by Crippen LogP contribution is 2.50. The first-order valence-corrected chi connectivity index (χ1v) is 23.8. The van der Waals surface area contributed by atoms with Gasteiger partial charge in [0.15, 0.2) is 0 Å². The molecule has 0 aliphatic heterocycles. The van der Waals surface area contributed by atoms with Gasteiger partial charge in [0.1, 0.15) is 0 Å². The first-order valence-electron chi connectivity index (χ1n) is 23.8. The summed E-state index contributed by atoms with van der Waals surface area (Å²) in [5, 5.41) is 6.08. The maximum atomic E-state index is 4.82. The van der Waals surface area contributed by atoms with Crippen LogP contribution in [-0.2, 0) is 0 Å². The Balaban J connectivity index is 1.11. The van der Waals surface area contributed by atoms with Crippen LogP contribution in [0.3, 0.4) is 0 Å². The molecule has 0 saturated carbocycles. The molecule has 12 rings (SSSR count). The fraction of sp³-hybridized carbons (Fsp3) is 0.0758. The number of para-hydroxylation sites is 1. The minimum absolute atomic E-state index is 0.920. The molecular formula is C66H49N. The molecule has 1 heteroatoms. The summed E-state index contributed by atoms with van der Waals surface area (Å²) in [6.07, 6.45) is 32.8. The highest BCUT2D eigenvalue weighted by molar-refractivity contribution is 6.22. The van der Waals surface area contributed by atoms with Gasteiger partial charge in [0.25, 0.3) is 0 Å². The number of rotatable bonds is 8. The molecule has 0 spiro atoms. The molecule has 3 aliphatic rings. The van der Waals surface area contributed by atoms with Crippen LogP contribution in [0.2, 0.25) is 0 Å². The second-order valence-corrected chi connectivity index (χ2v) is 17.8. The van der Waals surface area contributed by atoms with Gasteiger partial charge in [0, 0.05) is 17.1 Å². The zero-order valence-electron chi connectivity index (χ0n) is 37.5. The number of aromatic nitrogens is 1. The highest BCUT2D eigenvalue weighted by atomic mass is 14.6. The Morgan fingerprint density at radius 3 is 1.54 bits per heavy atom. The third-order valence-electron chi connectivity index (χ3n) is 13.7. The topological polar surface area (TPSA) is 12.9 Å². The van der Waals surface area contributed by atoms with Crippen LogP contribution >= 0.6 is 0 Å². The van der Waals surface area contributed by atoms with E-state index in [4.69, 9.17) is 4.98 Å². The van der Waals surface area contributed by atoms with Crippen LogP contribution < -0.4 is 0 Å². The van der Waals surface area contributed by atoms with Crippen molar-refractivity contribution in [1.82, 2.24) is 4.98 Å². The fourth-order valence-electron chi connectivity index (χ4n) is 10.8. The average Bonchev–Trinajstić information content (AvgIpc) is 3.70. The van der Waals surface area contributed by atoms with E-state index in [1.807, 2.05) is 12.3 Å². The monoisotopic (exact) mass is 855 g/mol. The predicted octanol–water partition coefficient (Wildman–Crippen LogP) is 18.2. The van der Waals surface area contributed by atoms with Crippen LogP contribution in [0, 0.1) is 0 Å². The van der Waals surface area contributed by atoms with Crippen LogP contribution in [0.5, 0.6) is 0 Å². The van der Waals surface area contributed by atoms with Gasteiger partial charge in [-0.1, -0.05) is 206 Å². The summed E-state index contributed by atoms with van der Waals surface area (Å²) >= 11 is 0. The van der Waals surface area contributed by atoms with Gasteiger partial charge in [-0.2, -0.15) is 0 Å². The first kappa shape index (κ1) is 40.4. The number of pyridine rings is 1. The number of benzene rings is 8. The van der Waals surface area contributed by atoms with Crippen molar-refractivity contribution in [1.29, 1.82) is 0 Å². The SMILES string of the molecule is C1=CCC=CC(c2cc(-c3cccc(-c4c5ccccc5c(-c5cccc(-c6cccc7cccnc67)c5)c5ccccc45)c3)c(-c3ccccc3)c(C3=CCCC=C3)c2C2=CCCC=C2)=C1. The third-order valence-corrected chi connectivity index (χ3v) is 13.7. The van der Waals surface area contributed by atoms with Crippen LogP contribution in [0.15, 0.2) is 237 Å². The average molecular weight is 856 g/mol. The Hall–Kier alpha value is -8.13. The van der Waals surface area contributed by atoms with E-state index in [9.17, 15) is 0 Å². The molecule has 0 N–H and O–H groups in total. The maximum Gasteiger partial charge on any atom is 0.0780 e. The van der Waals surface area contributed by atoms with E-state index < -0.39 is 0 Å². The van der Waals surface area contributed by atoms with Crippen LogP contribution in [0.25, 0.3) is 105 Å². The summed E-state index contributed by atoms with van der Waals surface area (Å²) in [4.78, 5) is 4.82. The summed E-state index contributed by atoms with van der Waals surface area (Å²) in [5.41, 5.74) is 20.8. The van der Waals surface area contributed by atoms with E-state index in [1.54, 1.807) is 0 Å². The predicted molar refractivity (Wildman–Crippen MR) is 288 cm³/mol. The minimum atomic E-state index is 0.920. The summed E-state index contributed by atoms with van der Waals surface area (Å²) in [6, 6.07) is 60.7. The molecule has 0 atom stereocenters. The first-order chi connectivity index (χ1) is 33.3. The molecule has 0 saturated heterocycles. The standard InChI is InChI=1S/C66H49N/c1-2-7-23-45(22-6-1)59-44-60(64(47-26-10-4-11-27-47)65(48-28-12-5-13-29-48)63(59)46-24-8-3-9-25-46)51-32-19-34-53(43-51)62-57-38-16-14-36-55(57)61(56-37-15-17-39-58(56)62)52-33-18-31-50(42-52)54-40-20-30-49-35-21-41-67-66(49)54/h1,4,6-8,10-12,14-44H,2-3,5,9,13H2. The van der Waals surface area contributed by atoms with Crippen molar-refractivity contribution in [3.05, 3.63) is 254 Å². The van der Waals surface area contributed by atoms with E-state index in [-0.39, 0.29) is 0 Å². The second kappa shape index (κ2) is 17.7. The number of fused-ring (bicyclic) bond motifs is 3. The van der Waals surface area contributed by atoms with Crippen LogP contribution in [0.4, 0.5) is 0 Å². The molecule has 67 heavy (non-hydrogen) atoms. The zero-order chi connectivity index (χ0) is 44.5. The van der Waals surface area contributed by atoms with Gasteiger partial charge < -0.3 is 0 Å². The van der Waals surface area contributed by atoms with Crippen molar-refractivity contribution in [3.63, 3.8) is 0 Å². The van der Waals surface area contributed by atoms with E-state index in [0.717, 1.165) is 54.1 Å².